The molecular formula is C15H17NO4. The minimum atomic E-state index is -0.599. The number of carbonyl (C=O) groups is 2. The van der Waals surface area contributed by atoms with E-state index in [1.165, 1.54) is 7.11 Å². The van der Waals surface area contributed by atoms with Crippen LogP contribution in [0.2, 0.25) is 0 Å². The molecular weight excluding hydrogens is 258 g/mol. The van der Waals surface area contributed by atoms with Gasteiger partial charge in [-0.2, -0.15) is 0 Å². The van der Waals surface area contributed by atoms with E-state index in [9.17, 15) is 9.59 Å². The van der Waals surface area contributed by atoms with Gasteiger partial charge in [-0.1, -0.05) is 12.2 Å². The van der Waals surface area contributed by atoms with E-state index < -0.39 is 6.10 Å². The molecule has 0 N–H and O–H groups in total. The highest BCUT2D eigenvalue weighted by atomic mass is 16.5. The van der Waals surface area contributed by atoms with E-state index in [1.54, 1.807) is 24.0 Å². The van der Waals surface area contributed by atoms with Crippen LogP contribution in [0.1, 0.15) is 24.2 Å². The smallest absolute Gasteiger partial charge is 0.268 e. The van der Waals surface area contributed by atoms with Crippen LogP contribution in [0.5, 0.6) is 11.5 Å². The van der Waals surface area contributed by atoms with Crippen LogP contribution in [0.25, 0.3) is 0 Å². The van der Waals surface area contributed by atoms with Crippen LogP contribution in [0.15, 0.2) is 24.3 Å². The molecule has 0 spiro atoms. The molecule has 5 nitrogen and oxygen atoms in total. The normalized spacial score (nSPS) is 17.2. The van der Waals surface area contributed by atoms with Crippen molar-refractivity contribution in [1.29, 1.82) is 0 Å². The minimum absolute atomic E-state index is 0.161. The van der Waals surface area contributed by atoms with Gasteiger partial charge in [0.1, 0.15) is 6.29 Å². The van der Waals surface area contributed by atoms with Crippen molar-refractivity contribution in [3.05, 3.63) is 29.8 Å². The maximum Gasteiger partial charge on any atom is 0.268 e. The van der Waals surface area contributed by atoms with Crippen LogP contribution in [-0.2, 0) is 4.79 Å². The summed E-state index contributed by atoms with van der Waals surface area (Å²) in [5.41, 5.74) is 1.81. The van der Waals surface area contributed by atoms with Crippen LogP contribution >= 0.6 is 0 Å². The Morgan fingerprint density at radius 2 is 2.25 bits per heavy atom. The molecule has 1 aliphatic rings. The summed E-state index contributed by atoms with van der Waals surface area (Å²) in [7, 11) is 1.50. The highest BCUT2D eigenvalue weighted by Crippen LogP contribution is 2.42. The Morgan fingerprint density at radius 3 is 2.80 bits per heavy atom. The van der Waals surface area contributed by atoms with Gasteiger partial charge in [0, 0.05) is 12.1 Å². The minimum Gasteiger partial charge on any atom is -0.493 e. The van der Waals surface area contributed by atoms with Crippen molar-refractivity contribution < 1.29 is 19.1 Å². The average molecular weight is 275 g/mol. The molecule has 1 amide bonds. The SMILES string of the molecule is C=C(C)CN1C(=O)C(C)Oc2c(OC)cc(C=O)cc21. The first-order valence-corrected chi connectivity index (χ1v) is 6.27. The molecule has 1 aromatic rings. The fraction of sp³-hybridized carbons (Fsp3) is 0.333. The first-order valence-electron chi connectivity index (χ1n) is 6.27. The maximum absolute atomic E-state index is 12.3. The number of hydrogen-bond acceptors (Lipinski definition) is 4. The summed E-state index contributed by atoms with van der Waals surface area (Å²) in [5, 5.41) is 0. The predicted molar refractivity (Wildman–Crippen MR) is 75.6 cm³/mol. The van der Waals surface area contributed by atoms with Crippen molar-refractivity contribution in [3.8, 4) is 11.5 Å². The second-order valence-electron chi connectivity index (χ2n) is 4.83. The van der Waals surface area contributed by atoms with E-state index >= 15 is 0 Å². The Balaban J connectivity index is 2.60. The molecule has 1 aliphatic heterocycles. The first kappa shape index (κ1) is 14.1. The summed E-state index contributed by atoms with van der Waals surface area (Å²) in [6, 6.07) is 3.21. The van der Waals surface area contributed by atoms with Crippen molar-refractivity contribution in [2.24, 2.45) is 0 Å². The summed E-state index contributed by atoms with van der Waals surface area (Å²) in [6.45, 7) is 7.74. The van der Waals surface area contributed by atoms with Crippen LogP contribution in [0, 0.1) is 0 Å². The van der Waals surface area contributed by atoms with E-state index in [0.717, 1.165) is 5.57 Å². The Bertz CT molecular complexity index is 579. The van der Waals surface area contributed by atoms with E-state index in [-0.39, 0.29) is 5.91 Å². The van der Waals surface area contributed by atoms with Crippen LogP contribution < -0.4 is 14.4 Å². The zero-order chi connectivity index (χ0) is 14.9. The predicted octanol–water partition coefficient (Wildman–Crippen LogP) is 2.20. The average Bonchev–Trinajstić information content (AvgIpc) is 2.42. The Kier molecular flexibility index (Phi) is 3.79. The van der Waals surface area contributed by atoms with E-state index in [4.69, 9.17) is 9.47 Å². The molecule has 0 fully saturated rings. The third-order valence-corrected chi connectivity index (χ3v) is 3.04. The van der Waals surface area contributed by atoms with Gasteiger partial charge < -0.3 is 14.4 Å². The Labute approximate surface area is 117 Å². The summed E-state index contributed by atoms with van der Waals surface area (Å²) >= 11 is 0. The number of fused-ring (bicyclic) bond motifs is 1. The maximum atomic E-state index is 12.3. The van der Waals surface area contributed by atoms with Crippen LogP contribution in [0.3, 0.4) is 0 Å². The van der Waals surface area contributed by atoms with Gasteiger partial charge in [-0.05, 0) is 26.0 Å². The summed E-state index contributed by atoms with van der Waals surface area (Å²) < 4.78 is 10.9. The van der Waals surface area contributed by atoms with E-state index in [1.807, 2.05) is 6.92 Å². The highest BCUT2D eigenvalue weighted by Gasteiger charge is 2.33. The van der Waals surface area contributed by atoms with E-state index in [0.29, 0.717) is 35.6 Å². The lowest BCUT2D eigenvalue weighted by atomic mass is 10.1. The second kappa shape index (κ2) is 5.36. The van der Waals surface area contributed by atoms with Gasteiger partial charge in [-0.3, -0.25) is 9.59 Å². The Morgan fingerprint density at radius 1 is 1.55 bits per heavy atom. The number of aldehydes is 1. The fourth-order valence-electron chi connectivity index (χ4n) is 2.15. The van der Waals surface area contributed by atoms with Gasteiger partial charge in [-0.25, -0.2) is 0 Å². The molecule has 5 heteroatoms. The van der Waals surface area contributed by atoms with Crippen molar-refractivity contribution in [3.63, 3.8) is 0 Å². The summed E-state index contributed by atoms with van der Waals surface area (Å²) in [6.07, 6.45) is 0.113. The number of nitrogens with zero attached hydrogens (tertiary/aromatic N) is 1. The molecule has 0 bridgehead atoms. The molecule has 0 aliphatic carbocycles. The third kappa shape index (κ3) is 2.39. The van der Waals surface area contributed by atoms with Gasteiger partial charge in [0.25, 0.3) is 5.91 Å². The van der Waals surface area contributed by atoms with E-state index in [2.05, 4.69) is 6.58 Å². The Hall–Kier alpha value is -2.30. The molecule has 1 unspecified atom stereocenters. The number of amides is 1. The molecule has 1 heterocycles. The number of carbonyl (C=O) groups excluding carboxylic acids is 2. The summed E-state index contributed by atoms with van der Waals surface area (Å²) in [5.74, 6) is 0.757. The number of hydrogen-bond donors (Lipinski definition) is 0. The van der Waals surface area contributed by atoms with Gasteiger partial charge in [0.2, 0.25) is 0 Å². The zero-order valence-electron chi connectivity index (χ0n) is 11.8. The monoisotopic (exact) mass is 275 g/mol. The topological polar surface area (TPSA) is 55.8 Å². The largest absolute Gasteiger partial charge is 0.493 e. The van der Waals surface area contributed by atoms with Crippen LogP contribution in [-0.4, -0.2) is 32.0 Å². The molecule has 0 saturated carbocycles. The standard InChI is InChI=1S/C15H17NO4/c1-9(2)7-16-12-5-11(8-17)6-13(19-4)14(12)20-10(3)15(16)18/h5-6,8,10H,1,7H2,2-4H3. The first-order chi connectivity index (χ1) is 9.47. The summed E-state index contributed by atoms with van der Waals surface area (Å²) in [4.78, 5) is 24.8. The highest BCUT2D eigenvalue weighted by molar-refractivity contribution is 6.01. The molecule has 106 valence electrons. The molecule has 2 rings (SSSR count). The second-order valence-corrected chi connectivity index (χ2v) is 4.83. The molecule has 20 heavy (non-hydrogen) atoms. The van der Waals surface area contributed by atoms with Crippen molar-refractivity contribution >= 4 is 17.9 Å². The van der Waals surface area contributed by atoms with Crippen LogP contribution in [0.4, 0.5) is 5.69 Å². The lowest BCUT2D eigenvalue weighted by Crippen LogP contribution is -2.45. The third-order valence-electron chi connectivity index (χ3n) is 3.04. The quantitative estimate of drug-likeness (QED) is 0.624. The number of anilines is 1. The van der Waals surface area contributed by atoms with Crippen molar-refractivity contribution in [2.45, 2.75) is 20.0 Å². The number of benzene rings is 1. The number of methoxy groups -OCH3 is 1. The van der Waals surface area contributed by atoms with Gasteiger partial charge >= 0.3 is 0 Å². The van der Waals surface area contributed by atoms with Crippen molar-refractivity contribution in [1.82, 2.24) is 0 Å². The lowest BCUT2D eigenvalue weighted by molar-refractivity contribution is -0.125. The number of rotatable bonds is 4. The molecule has 1 atom stereocenters. The zero-order valence-corrected chi connectivity index (χ0v) is 11.8. The molecule has 1 aromatic carbocycles. The van der Waals surface area contributed by atoms with Crippen molar-refractivity contribution in [2.75, 3.05) is 18.6 Å². The van der Waals surface area contributed by atoms with Gasteiger partial charge in [0.15, 0.2) is 17.6 Å². The van der Waals surface area contributed by atoms with Gasteiger partial charge in [-0.15, -0.1) is 0 Å². The lowest BCUT2D eigenvalue weighted by Gasteiger charge is -2.34. The van der Waals surface area contributed by atoms with Gasteiger partial charge in [0.05, 0.1) is 12.8 Å². The molecule has 0 aromatic heterocycles. The molecule has 0 radical (unpaired) electrons. The number of ether oxygens (including phenoxy) is 2. The fourth-order valence-corrected chi connectivity index (χ4v) is 2.15. The molecule has 0 saturated heterocycles.